The van der Waals surface area contributed by atoms with E-state index in [1.54, 1.807) is 0 Å². The highest BCUT2D eigenvalue weighted by atomic mass is 14.2. The average Bonchev–Trinajstić information content (AvgIpc) is 2.07. The van der Waals surface area contributed by atoms with Gasteiger partial charge in [-0.2, -0.15) is 0 Å². The van der Waals surface area contributed by atoms with Crippen LogP contribution < -0.4 is 0 Å². The Morgan fingerprint density at radius 2 is 1.00 bits per heavy atom. The van der Waals surface area contributed by atoms with Crippen LogP contribution in [0, 0.1) is 0 Å². The van der Waals surface area contributed by atoms with Crippen molar-refractivity contribution in [1.82, 2.24) is 0 Å². The van der Waals surface area contributed by atoms with Gasteiger partial charge in [-0.05, 0) is 48.0 Å². The summed E-state index contributed by atoms with van der Waals surface area (Å²) in [5, 5.41) is 0. The van der Waals surface area contributed by atoms with E-state index in [4.69, 9.17) is 0 Å². The highest BCUT2D eigenvalue weighted by molar-refractivity contribution is 5.51. The number of hydrogen-bond acceptors (Lipinski definition) is 0. The van der Waals surface area contributed by atoms with Crippen LogP contribution in [0.2, 0.25) is 0 Å². The molecule has 0 spiro atoms. The third-order valence-electron chi connectivity index (χ3n) is 2.42. The van der Waals surface area contributed by atoms with E-state index >= 15 is 0 Å². The third kappa shape index (κ3) is 1.76. The topological polar surface area (TPSA) is 0 Å². The predicted octanol–water partition coefficient (Wildman–Crippen LogP) is 3.79. The lowest BCUT2D eigenvalue weighted by Gasteiger charge is -2.17. The summed E-state index contributed by atoms with van der Waals surface area (Å²) in [5.41, 5.74) is 4.25. The first-order chi connectivity index (χ1) is 5.63. The molecule has 0 aliphatic heterocycles. The lowest BCUT2D eigenvalue weighted by molar-refractivity contribution is 0.722. The summed E-state index contributed by atoms with van der Waals surface area (Å²) in [6.07, 6.45) is 4.52. The molecule has 0 heteroatoms. The van der Waals surface area contributed by atoms with E-state index in [0.717, 1.165) is 35.1 Å². The Balaban J connectivity index is 2.82. The van der Waals surface area contributed by atoms with Crippen molar-refractivity contribution in [3.63, 3.8) is 0 Å². The maximum Gasteiger partial charge on any atom is -0.0233 e. The summed E-state index contributed by atoms with van der Waals surface area (Å²) in [6.45, 7) is 15.9. The van der Waals surface area contributed by atoms with Gasteiger partial charge in [0.2, 0.25) is 0 Å². The number of allylic oxidation sites excluding steroid dienone is 4. The van der Waals surface area contributed by atoms with Crippen LogP contribution >= 0.6 is 0 Å². The fourth-order valence-corrected chi connectivity index (χ4v) is 1.41. The minimum Gasteiger partial charge on any atom is -0.0952 e. The largest absolute Gasteiger partial charge is 0.0952 e. The van der Waals surface area contributed by atoms with E-state index in [9.17, 15) is 0 Å². The maximum atomic E-state index is 3.98. The molecule has 1 fully saturated rings. The molecule has 0 unspecified atom stereocenters. The zero-order chi connectivity index (χ0) is 9.14. The second-order valence-corrected chi connectivity index (χ2v) is 3.37. The Labute approximate surface area is 75.0 Å². The molecule has 0 atom stereocenters. The van der Waals surface area contributed by atoms with Gasteiger partial charge < -0.3 is 0 Å². The Morgan fingerprint density at radius 3 is 1.33 bits per heavy atom. The lowest BCUT2D eigenvalue weighted by atomic mass is 9.88. The molecular formula is C12H16. The first kappa shape index (κ1) is 9.05. The standard InChI is InChI=1S/C12H16/c1-9-7-5-6-8-10(2)12(4)11(9)3/h1-8H2. The van der Waals surface area contributed by atoms with E-state index in [1.165, 1.54) is 12.8 Å². The molecule has 0 saturated heterocycles. The molecule has 0 N–H and O–H groups in total. The summed E-state index contributed by atoms with van der Waals surface area (Å²) in [4.78, 5) is 0. The SMILES string of the molecule is C=C1CCCCC(=C)C(=C)C1=C. The Morgan fingerprint density at radius 1 is 0.667 bits per heavy atom. The van der Waals surface area contributed by atoms with Gasteiger partial charge >= 0.3 is 0 Å². The monoisotopic (exact) mass is 160 g/mol. The van der Waals surface area contributed by atoms with Crippen LogP contribution in [0.4, 0.5) is 0 Å². The molecule has 0 radical (unpaired) electrons. The van der Waals surface area contributed by atoms with Gasteiger partial charge in [0.15, 0.2) is 0 Å². The molecule has 0 amide bonds. The zero-order valence-corrected chi connectivity index (χ0v) is 7.66. The molecule has 0 aromatic rings. The van der Waals surface area contributed by atoms with E-state index in [2.05, 4.69) is 26.3 Å². The quantitative estimate of drug-likeness (QED) is 0.506. The second kappa shape index (κ2) is 3.57. The predicted molar refractivity (Wildman–Crippen MR) is 55.0 cm³/mol. The van der Waals surface area contributed by atoms with Crippen molar-refractivity contribution >= 4 is 0 Å². The number of hydrogen-bond donors (Lipinski definition) is 0. The minimum absolute atomic E-state index is 1.000. The summed E-state index contributed by atoms with van der Waals surface area (Å²) in [5.74, 6) is 0. The summed E-state index contributed by atoms with van der Waals surface area (Å²) in [7, 11) is 0. The van der Waals surface area contributed by atoms with Crippen molar-refractivity contribution < 1.29 is 0 Å². The fourth-order valence-electron chi connectivity index (χ4n) is 1.41. The van der Waals surface area contributed by atoms with Gasteiger partial charge in [0.1, 0.15) is 0 Å². The highest BCUT2D eigenvalue weighted by Crippen LogP contribution is 2.30. The first-order valence-corrected chi connectivity index (χ1v) is 4.37. The van der Waals surface area contributed by atoms with Crippen LogP contribution in [-0.4, -0.2) is 0 Å². The maximum absolute atomic E-state index is 3.98. The Kier molecular flexibility index (Phi) is 2.69. The third-order valence-corrected chi connectivity index (χ3v) is 2.42. The smallest absolute Gasteiger partial charge is 0.0233 e. The van der Waals surface area contributed by atoms with Crippen LogP contribution in [0.1, 0.15) is 25.7 Å². The fraction of sp³-hybridized carbons (Fsp3) is 0.333. The molecule has 1 aliphatic carbocycles. The van der Waals surface area contributed by atoms with Crippen LogP contribution in [0.5, 0.6) is 0 Å². The van der Waals surface area contributed by atoms with E-state index in [0.29, 0.717) is 0 Å². The van der Waals surface area contributed by atoms with Crippen molar-refractivity contribution in [2.45, 2.75) is 25.7 Å². The van der Waals surface area contributed by atoms with E-state index in [-0.39, 0.29) is 0 Å². The van der Waals surface area contributed by atoms with Gasteiger partial charge in [-0.25, -0.2) is 0 Å². The summed E-state index contributed by atoms with van der Waals surface area (Å²) < 4.78 is 0. The van der Waals surface area contributed by atoms with Gasteiger partial charge in [0.05, 0.1) is 0 Å². The molecule has 0 aromatic heterocycles. The molecular weight excluding hydrogens is 144 g/mol. The molecule has 1 saturated carbocycles. The van der Waals surface area contributed by atoms with Gasteiger partial charge in [-0.3, -0.25) is 0 Å². The highest BCUT2D eigenvalue weighted by Gasteiger charge is 2.10. The average molecular weight is 160 g/mol. The molecule has 0 aromatic carbocycles. The Hall–Kier alpha value is -1.04. The summed E-state index contributed by atoms with van der Waals surface area (Å²) in [6, 6.07) is 0. The molecule has 0 nitrogen and oxygen atoms in total. The minimum atomic E-state index is 1.000. The molecule has 64 valence electrons. The molecule has 0 heterocycles. The zero-order valence-electron chi connectivity index (χ0n) is 7.66. The van der Waals surface area contributed by atoms with Crippen LogP contribution in [0.3, 0.4) is 0 Å². The van der Waals surface area contributed by atoms with Gasteiger partial charge in [0, 0.05) is 0 Å². The van der Waals surface area contributed by atoms with Crippen molar-refractivity contribution in [3.05, 3.63) is 48.6 Å². The van der Waals surface area contributed by atoms with E-state index < -0.39 is 0 Å². The lowest BCUT2D eigenvalue weighted by Crippen LogP contribution is -1.98. The van der Waals surface area contributed by atoms with Gasteiger partial charge in [-0.1, -0.05) is 26.3 Å². The molecule has 0 bridgehead atoms. The van der Waals surface area contributed by atoms with E-state index in [1.807, 2.05) is 0 Å². The van der Waals surface area contributed by atoms with Crippen molar-refractivity contribution in [2.75, 3.05) is 0 Å². The molecule has 12 heavy (non-hydrogen) atoms. The first-order valence-electron chi connectivity index (χ1n) is 4.37. The Bertz CT molecular complexity index is 225. The number of rotatable bonds is 0. The molecule has 1 aliphatic rings. The van der Waals surface area contributed by atoms with Crippen LogP contribution in [0.25, 0.3) is 0 Å². The van der Waals surface area contributed by atoms with Crippen molar-refractivity contribution in [3.8, 4) is 0 Å². The molecule has 1 rings (SSSR count). The van der Waals surface area contributed by atoms with Crippen molar-refractivity contribution in [2.24, 2.45) is 0 Å². The van der Waals surface area contributed by atoms with Crippen molar-refractivity contribution in [1.29, 1.82) is 0 Å². The normalized spacial score (nSPS) is 20.7. The van der Waals surface area contributed by atoms with Gasteiger partial charge in [0.25, 0.3) is 0 Å². The van der Waals surface area contributed by atoms with Crippen LogP contribution in [0.15, 0.2) is 48.6 Å². The van der Waals surface area contributed by atoms with Gasteiger partial charge in [-0.15, -0.1) is 0 Å². The van der Waals surface area contributed by atoms with Crippen LogP contribution in [-0.2, 0) is 0 Å². The second-order valence-electron chi connectivity index (χ2n) is 3.37. The summed E-state index contributed by atoms with van der Waals surface area (Å²) >= 11 is 0.